The van der Waals surface area contributed by atoms with Crippen LogP contribution >= 0.6 is 11.8 Å². The Kier molecular flexibility index (Phi) is 11.7. The molecule has 1 saturated heterocycles. The molecule has 0 saturated carbocycles. The number of aryl methyl sites for hydroxylation is 1. The van der Waals surface area contributed by atoms with Gasteiger partial charge in [0.05, 0.1) is 12.8 Å². The molecule has 4 amide bonds. The van der Waals surface area contributed by atoms with Gasteiger partial charge in [0.1, 0.15) is 23.4 Å². The average Bonchev–Trinajstić information content (AvgIpc) is 2.85. The van der Waals surface area contributed by atoms with Crippen molar-refractivity contribution >= 4 is 41.3 Å². The maximum Gasteiger partial charge on any atom is 0.408 e. The van der Waals surface area contributed by atoms with Crippen LogP contribution < -0.4 is 20.7 Å². The van der Waals surface area contributed by atoms with E-state index in [1.807, 2.05) is 25.3 Å². The second-order valence-electron chi connectivity index (χ2n) is 10.5. The van der Waals surface area contributed by atoms with Crippen molar-refractivity contribution in [2.75, 3.05) is 37.5 Å². The summed E-state index contributed by atoms with van der Waals surface area (Å²) in [5, 5.41) is 8.32. The van der Waals surface area contributed by atoms with Gasteiger partial charge in [0.2, 0.25) is 17.7 Å². The fourth-order valence-electron chi connectivity index (χ4n) is 4.08. The van der Waals surface area contributed by atoms with Gasteiger partial charge in [0, 0.05) is 19.0 Å². The number of hydrogen-bond acceptors (Lipinski definition) is 7. The highest BCUT2D eigenvalue weighted by atomic mass is 32.2. The number of piperidine rings is 1. The lowest BCUT2D eigenvalue weighted by Crippen LogP contribution is -2.53. The number of alkyl carbamates (subject to hydrolysis) is 1. The molecule has 1 aliphatic rings. The van der Waals surface area contributed by atoms with E-state index in [2.05, 4.69) is 16.0 Å². The Bertz CT molecular complexity index is 988. The Morgan fingerprint density at radius 3 is 2.37 bits per heavy atom. The lowest BCUT2D eigenvalue weighted by Gasteiger charge is -2.34. The molecule has 0 spiro atoms. The van der Waals surface area contributed by atoms with E-state index < -0.39 is 23.8 Å². The molecule has 1 aromatic carbocycles. The Balaban J connectivity index is 1.90. The summed E-state index contributed by atoms with van der Waals surface area (Å²) in [5.74, 6) is 0.187. The molecule has 1 aromatic rings. The molecule has 212 valence electrons. The number of rotatable bonds is 10. The van der Waals surface area contributed by atoms with Crippen LogP contribution in [0, 0.1) is 12.8 Å². The Hall–Kier alpha value is -2.95. The molecule has 0 unspecified atom stereocenters. The van der Waals surface area contributed by atoms with Gasteiger partial charge in [-0.2, -0.15) is 11.8 Å². The molecule has 38 heavy (non-hydrogen) atoms. The number of carbonyl (C=O) groups excluding carboxylic acids is 4. The summed E-state index contributed by atoms with van der Waals surface area (Å²) in [7, 11) is 1.53. The second kappa shape index (κ2) is 14.3. The largest absolute Gasteiger partial charge is 0.495 e. The molecular formula is C27H42N4O6S. The van der Waals surface area contributed by atoms with Crippen molar-refractivity contribution in [3.63, 3.8) is 0 Å². The minimum Gasteiger partial charge on any atom is -0.495 e. The third-order valence-electron chi connectivity index (χ3n) is 6.14. The lowest BCUT2D eigenvalue weighted by atomic mass is 9.95. The van der Waals surface area contributed by atoms with Crippen molar-refractivity contribution in [3.8, 4) is 5.75 Å². The number of ether oxygens (including phenoxy) is 2. The number of hydrogen-bond donors (Lipinski definition) is 3. The molecule has 0 bridgehead atoms. The molecule has 1 fully saturated rings. The van der Waals surface area contributed by atoms with Crippen LogP contribution in [-0.2, 0) is 19.1 Å². The molecule has 1 heterocycles. The van der Waals surface area contributed by atoms with Gasteiger partial charge in [-0.3, -0.25) is 14.4 Å². The summed E-state index contributed by atoms with van der Waals surface area (Å²) in [6.07, 6.45) is 2.75. The van der Waals surface area contributed by atoms with Crippen LogP contribution in [0.4, 0.5) is 10.5 Å². The van der Waals surface area contributed by atoms with E-state index in [9.17, 15) is 19.2 Å². The summed E-state index contributed by atoms with van der Waals surface area (Å²) in [6, 6.07) is 4.03. The zero-order chi connectivity index (χ0) is 28.5. The summed E-state index contributed by atoms with van der Waals surface area (Å²) >= 11 is 1.59. The molecule has 10 nitrogen and oxygen atoms in total. The highest BCUT2D eigenvalue weighted by Gasteiger charge is 2.33. The highest BCUT2D eigenvalue weighted by Crippen LogP contribution is 2.25. The molecule has 0 radical (unpaired) electrons. The molecule has 3 N–H and O–H groups in total. The van der Waals surface area contributed by atoms with Crippen molar-refractivity contribution in [2.24, 2.45) is 5.92 Å². The van der Waals surface area contributed by atoms with Gasteiger partial charge in [0.25, 0.3) is 0 Å². The number of anilines is 1. The van der Waals surface area contributed by atoms with Crippen molar-refractivity contribution < 1.29 is 28.7 Å². The molecule has 2 rings (SSSR count). The van der Waals surface area contributed by atoms with Gasteiger partial charge >= 0.3 is 6.09 Å². The van der Waals surface area contributed by atoms with Gasteiger partial charge < -0.3 is 30.3 Å². The normalized spacial score (nSPS) is 15.7. The smallest absolute Gasteiger partial charge is 0.408 e. The van der Waals surface area contributed by atoms with E-state index in [0.29, 0.717) is 49.5 Å². The number of nitrogens with zero attached hydrogens (tertiary/aromatic N) is 1. The van der Waals surface area contributed by atoms with Gasteiger partial charge in [-0.25, -0.2) is 4.79 Å². The second-order valence-corrected chi connectivity index (χ2v) is 11.5. The zero-order valence-corrected chi connectivity index (χ0v) is 24.3. The first kappa shape index (κ1) is 31.3. The first-order chi connectivity index (χ1) is 17.8. The highest BCUT2D eigenvalue weighted by molar-refractivity contribution is 7.98. The minimum absolute atomic E-state index is 0.177. The van der Waals surface area contributed by atoms with Gasteiger partial charge in [0.15, 0.2) is 0 Å². The van der Waals surface area contributed by atoms with Crippen LogP contribution in [-0.4, -0.2) is 78.6 Å². The van der Waals surface area contributed by atoms with Crippen LogP contribution in [0.5, 0.6) is 5.75 Å². The van der Waals surface area contributed by atoms with Crippen LogP contribution in [0.25, 0.3) is 0 Å². The molecule has 2 atom stereocenters. The number of carbonyl (C=O) groups is 4. The van der Waals surface area contributed by atoms with Crippen LogP contribution in [0.2, 0.25) is 0 Å². The van der Waals surface area contributed by atoms with E-state index >= 15 is 0 Å². The first-order valence-electron chi connectivity index (χ1n) is 12.9. The average molecular weight is 551 g/mol. The van der Waals surface area contributed by atoms with Crippen molar-refractivity contribution in [3.05, 3.63) is 23.8 Å². The first-order valence-corrected chi connectivity index (χ1v) is 14.3. The Morgan fingerprint density at radius 1 is 1.13 bits per heavy atom. The third-order valence-corrected chi connectivity index (χ3v) is 6.79. The van der Waals surface area contributed by atoms with Gasteiger partial charge in [-0.15, -0.1) is 0 Å². The number of benzene rings is 1. The maximum absolute atomic E-state index is 13.2. The Morgan fingerprint density at radius 2 is 1.79 bits per heavy atom. The van der Waals surface area contributed by atoms with Crippen molar-refractivity contribution in [2.45, 2.75) is 71.6 Å². The quantitative estimate of drug-likeness (QED) is 0.408. The van der Waals surface area contributed by atoms with Crippen LogP contribution in [0.15, 0.2) is 18.2 Å². The molecule has 0 aromatic heterocycles. The summed E-state index contributed by atoms with van der Waals surface area (Å²) < 4.78 is 10.6. The van der Waals surface area contributed by atoms with Crippen LogP contribution in [0.1, 0.15) is 52.5 Å². The van der Waals surface area contributed by atoms with Gasteiger partial charge in [-0.05, 0) is 83.6 Å². The fourth-order valence-corrected chi connectivity index (χ4v) is 4.55. The topological polar surface area (TPSA) is 126 Å². The minimum atomic E-state index is -0.749. The standard InChI is InChI=1S/C27H42N4O6S/c1-17-8-9-22(36-6)21(16-17)29-23(32)18(2)28-24(33)19-10-13-31(14-11-19)25(34)20(12-15-38-7)30-26(35)37-27(3,4)5/h8-9,16,18-20H,10-15H2,1-7H3,(H,28,33)(H,29,32)(H,30,35)/t18-,20-/m0/s1. The number of thioether (sulfide) groups is 1. The number of amides is 4. The third kappa shape index (κ3) is 9.74. The van der Waals surface area contributed by atoms with E-state index in [4.69, 9.17) is 9.47 Å². The number of likely N-dealkylation sites (tertiary alicyclic amines) is 1. The summed E-state index contributed by atoms with van der Waals surface area (Å²) in [6.45, 7) is 9.64. The van der Waals surface area contributed by atoms with E-state index in [-0.39, 0.29) is 23.6 Å². The zero-order valence-electron chi connectivity index (χ0n) is 23.5. The molecular weight excluding hydrogens is 508 g/mol. The van der Waals surface area contributed by atoms with Crippen molar-refractivity contribution in [1.29, 1.82) is 0 Å². The fraction of sp³-hybridized carbons (Fsp3) is 0.630. The van der Waals surface area contributed by atoms with E-state index in [1.165, 1.54) is 7.11 Å². The van der Waals surface area contributed by atoms with E-state index in [0.717, 1.165) is 5.56 Å². The Labute approximate surface area is 229 Å². The van der Waals surface area contributed by atoms with Gasteiger partial charge in [-0.1, -0.05) is 6.07 Å². The maximum atomic E-state index is 13.2. The lowest BCUT2D eigenvalue weighted by molar-refractivity contribution is -0.137. The monoisotopic (exact) mass is 550 g/mol. The molecule has 11 heteroatoms. The molecule has 0 aliphatic carbocycles. The van der Waals surface area contributed by atoms with Crippen LogP contribution in [0.3, 0.4) is 0 Å². The number of methoxy groups -OCH3 is 1. The summed E-state index contributed by atoms with van der Waals surface area (Å²) in [5.41, 5.74) is 0.848. The van der Waals surface area contributed by atoms with E-state index in [1.54, 1.807) is 50.4 Å². The predicted octanol–water partition coefficient (Wildman–Crippen LogP) is 3.33. The number of nitrogens with one attached hydrogen (secondary N) is 3. The van der Waals surface area contributed by atoms with Crippen molar-refractivity contribution in [1.82, 2.24) is 15.5 Å². The predicted molar refractivity (Wildman–Crippen MR) is 149 cm³/mol. The SMILES string of the molecule is COc1ccc(C)cc1NC(=O)[C@H](C)NC(=O)C1CCN(C(=O)[C@H](CCSC)NC(=O)OC(C)(C)C)CC1. The molecule has 1 aliphatic heterocycles. The summed E-state index contributed by atoms with van der Waals surface area (Å²) in [4.78, 5) is 52.7.